The molecule has 0 aromatic carbocycles. The molecule has 1 aromatic rings. The normalized spacial score (nSPS) is 16.1. The summed E-state index contributed by atoms with van der Waals surface area (Å²) in [5, 5.41) is 0. The second kappa shape index (κ2) is 5.38. The summed E-state index contributed by atoms with van der Waals surface area (Å²) in [7, 11) is 1.81. The molecule has 0 spiro atoms. The molecular formula is C14H20N2O2. The van der Waals surface area contributed by atoms with E-state index < -0.39 is 0 Å². The lowest BCUT2D eigenvalue weighted by Gasteiger charge is -2.27. The fourth-order valence-corrected chi connectivity index (χ4v) is 2.15. The molecule has 1 aliphatic rings. The van der Waals surface area contributed by atoms with Crippen LogP contribution in [0.25, 0.3) is 0 Å². The number of amides is 1. The molecule has 0 saturated heterocycles. The smallest absolute Gasteiger partial charge is 0.410 e. The van der Waals surface area contributed by atoms with Gasteiger partial charge < -0.3 is 9.64 Å². The summed E-state index contributed by atoms with van der Waals surface area (Å²) < 4.78 is 5.26. The van der Waals surface area contributed by atoms with Crippen LogP contribution in [0.5, 0.6) is 0 Å². The summed E-state index contributed by atoms with van der Waals surface area (Å²) in [6.45, 7) is 2.58. The Balaban J connectivity index is 2.00. The SMILES string of the molecule is CCCCOC(=O)N(C)C1(c2cccnc2)CC1. The maximum atomic E-state index is 12.0. The third-order valence-corrected chi connectivity index (χ3v) is 3.56. The van der Waals surface area contributed by atoms with Crippen molar-refractivity contribution < 1.29 is 9.53 Å². The number of pyridine rings is 1. The number of rotatable bonds is 5. The van der Waals surface area contributed by atoms with Crippen LogP contribution in [-0.2, 0) is 10.3 Å². The Morgan fingerprint density at radius 2 is 2.33 bits per heavy atom. The Bertz CT molecular complexity index is 402. The number of carbonyl (C=O) groups excluding carboxylic acids is 1. The molecule has 1 heterocycles. The van der Waals surface area contributed by atoms with Crippen LogP contribution in [-0.4, -0.2) is 29.6 Å². The number of aromatic nitrogens is 1. The van der Waals surface area contributed by atoms with E-state index in [9.17, 15) is 4.79 Å². The van der Waals surface area contributed by atoms with Crippen LogP contribution in [0.2, 0.25) is 0 Å². The molecule has 1 fully saturated rings. The van der Waals surface area contributed by atoms with Crippen molar-refractivity contribution in [2.45, 2.75) is 38.1 Å². The molecule has 0 radical (unpaired) electrons. The third-order valence-electron chi connectivity index (χ3n) is 3.56. The van der Waals surface area contributed by atoms with Crippen LogP contribution in [0.15, 0.2) is 24.5 Å². The van der Waals surface area contributed by atoms with Crippen molar-refractivity contribution in [3.05, 3.63) is 30.1 Å². The van der Waals surface area contributed by atoms with E-state index in [0.717, 1.165) is 31.2 Å². The van der Waals surface area contributed by atoms with Crippen LogP contribution in [0.1, 0.15) is 38.2 Å². The highest BCUT2D eigenvalue weighted by Crippen LogP contribution is 2.50. The number of ether oxygens (including phenoxy) is 1. The number of unbranched alkanes of at least 4 members (excludes halogenated alkanes) is 1. The van der Waals surface area contributed by atoms with Crippen molar-refractivity contribution in [2.75, 3.05) is 13.7 Å². The molecule has 0 atom stereocenters. The highest BCUT2D eigenvalue weighted by atomic mass is 16.6. The van der Waals surface area contributed by atoms with Crippen LogP contribution < -0.4 is 0 Å². The van der Waals surface area contributed by atoms with Gasteiger partial charge in [-0.1, -0.05) is 19.4 Å². The van der Waals surface area contributed by atoms with Gasteiger partial charge in [0.2, 0.25) is 0 Å². The number of carbonyl (C=O) groups is 1. The highest BCUT2D eigenvalue weighted by Gasteiger charge is 2.50. The molecule has 0 bridgehead atoms. The molecule has 1 amide bonds. The fraction of sp³-hybridized carbons (Fsp3) is 0.571. The first-order valence-corrected chi connectivity index (χ1v) is 6.52. The Kier molecular flexibility index (Phi) is 3.84. The van der Waals surface area contributed by atoms with E-state index in [1.807, 2.05) is 25.4 Å². The predicted molar refractivity (Wildman–Crippen MR) is 69.2 cm³/mol. The van der Waals surface area contributed by atoms with E-state index in [4.69, 9.17) is 4.74 Å². The molecule has 0 N–H and O–H groups in total. The zero-order valence-electron chi connectivity index (χ0n) is 11.1. The van der Waals surface area contributed by atoms with Crippen molar-refractivity contribution in [2.24, 2.45) is 0 Å². The number of hydrogen-bond acceptors (Lipinski definition) is 3. The average molecular weight is 248 g/mol. The minimum Gasteiger partial charge on any atom is -0.449 e. The number of nitrogens with zero attached hydrogens (tertiary/aromatic N) is 2. The van der Waals surface area contributed by atoms with Gasteiger partial charge in [0.25, 0.3) is 0 Å². The zero-order valence-corrected chi connectivity index (χ0v) is 11.1. The zero-order chi connectivity index (χ0) is 13.0. The van der Waals surface area contributed by atoms with Gasteiger partial charge in [-0.15, -0.1) is 0 Å². The Morgan fingerprint density at radius 1 is 1.56 bits per heavy atom. The van der Waals surface area contributed by atoms with Crippen molar-refractivity contribution >= 4 is 6.09 Å². The largest absolute Gasteiger partial charge is 0.449 e. The van der Waals surface area contributed by atoms with Gasteiger partial charge in [0.15, 0.2) is 0 Å². The standard InChI is InChI=1S/C14H20N2O2/c1-3-4-10-18-13(17)16(2)14(7-8-14)12-6-5-9-15-11-12/h5-6,9,11H,3-4,7-8,10H2,1-2H3. The lowest BCUT2D eigenvalue weighted by molar-refractivity contribution is 0.0903. The Labute approximate surface area is 108 Å². The molecule has 98 valence electrons. The molecule has 2 rings (SSSR count). The van der Waals surface area contributed by atoms with Crippen LogP contribution in [0.4, 0.5) is 4.79 Å². The van der Waals surface area contributed by atoms with Gasteiger partial charge in [-0.3, -0.25) is 4.98 Å². The van der Waals surface area contributed by atoms with Crippen molar-refractivity contribution in [3.63, 3.8) is 0 Å². The van der Waals surface area contributed by atoms with E-state index in [1.165, 1.54) is 0 Å². The lowest BCUT2D eigenvalue weighted by atomic mass is 10.1. The maximum Gasteiger partial charge on any atom is 0.410 e. The molecular weight excluding hydrogens is 228 g/mol. The van der Waals surface area contributed by atoms with Gasteiger partial charge in [0.05, 0.1) is 12.1 Å². The third kappa shape index (κ3) is 2.47. The summed E-state index contributed by atoms with van der Waals surface area (Å²) in [6.07, 6.45) is 7.27. The monoisotopic (exact) mass is 248 g/mol. The van der Waals surface area contributed by atoms with Crippen molar-refractivity contribution in [1.29, 1.82) is 0 Å². The Morgan fingerprint density at radius 3 is 2.89 bits per heavy atom. The molecule has 4 heteroatoms. The van der Waals surface area contributed by atoms with Crippen LogP contribution in [0.3, 0.4) is 0 Å². The topological polar surface area (TPSA) is 42.4 Å². The van der Waals surface area contributed by atoms with Gasteiger partial charge in [-0.05, 0) is 30.9 Å². The van der Waals surface area contributed by atoms with Gasteiger partial charge in [-0.2, -0.15) is 0 Å². The van der Waals surface area contributed by atoms with E-state index in [1.54, 1.807) is 11.1 Å². The molecule has 1 aromatic heterocycles. The van der Waals surface area contributed by atoms with Crippen LogP contribution in [0, 0.1) is 0 Å². The highest BCUT2D eigenvalue weighted by molar-refractivity contribution is 5.69. The fourth-order valence-electron chi connectivity index (χ4n) is 2.15. The summed E-state index contributed by atoms with van der Waals surface area (Å²) in [6, 6.07) is 3.93. The minimum atomic E-state index is -0.232. The second-order valence-electron chi connectivity index (χ2n) is 4.80. The quantitative estimate of drug-likeness (QED) is 0.752. The van der Waals surface area contributed by atoms with E-state index in [-0.39, 0.29) is 11.6 Å². The summed E-state index contributed by atoms with van der Waals surface area (Å²) in [5.41, 5.74) is 0.914. The average Bonchev–Trinajstić information content (AvgIpc) is 3.20. The van der Waals surface area contributed by atoms with Gasteiger partial charge in [0, 0.05) is 19.4 Å². The minimum absolute atomic E-state index is 0.183. The summed E-state index contributed by atoms with van der Waals surface area (Å²) >= 11 is 0. The van der Waals surface area contributed by atoms with E-state index in [2.05, 4.69) is 11.9 Å². The van der Waals surface area contributed by atoms with Gasteiger partial charge in [-0.25, -0.2) is 4.79 Å². The Hall–Kier alpha value is -1.58. The van der Waals surface area contributed by atoms with Crippen molar-refractivity contribution in [3.8, 4) is 0 Å². The summed E-state index contributed by atoms with van der Waals surface area (Å²) in [5.74, 6) is 0. The maximum absolute atomic E-state index is 12.0. The van der Waals surface area contributed by atoms with E-state index in [0.29, 0.717) is 6.61 Å². The first-order valence-electron chi connectivity index (χ1n) is 6.52. The number of hydrogen-bond donors (Lipinski definition) is 0. The van der Waals surface area contributed by atoms with E-state index >= 15 is 0 Å². The lowest BCUT2D eigenvalue weighted by Crippen LogP contribution is -2.37. The first kappa shape index (κ1) is 12.9. The molecule has 1 saturated carbocycles. The second-order valence-corrected chi connectivity index (χ2v) is 4.80. The van der Waals surface area contributed by atoms with Gasteiger partial charge in [0.1, 0.15) is 0 Å². The molecule has 0 aliphatic heterocycles. The van der Waals surface area contributed by atoms with Crippen molar-refractivity contribution in [1.82, 2.24) is 9.88 Å². The van der Waals surface area contributed by atoms with Gasteiger partial charge >= 0.3 is 6.09 Å². The summed E-state index contributed by atoms with van der Waals surface area (Å²) in [4.78, 5) is 17.8. The molecule has 4 nitrogen and oxygen atoms in total. The molecule has 1 aliphatic carbocycles. The first-order chi connectivity index (χ1) is 8.70. The molecule has 18 heavy (non-hydrogen) atoms. The predicted octanol–water partition coefficient (Wildman–Crippen LogP) is 2.94. The molecule has 0 unspecified atom stereocenters. The van der Waals surface area contributed by atoms with Crippen LogP contribution >= 0.6 is 0 Å².